The van der Waals surface area contributed by atoms with Crippen LogP contribution in [0.2, 0.25) is 10.0 Å². The molecule has 2 rings (SSSR count). The Morgan fingerprint density at radius 3 is 2.71 bits per heavy atom. The number of hydrogen-bond donors (Lipinski definition) is 2. The third kappa shape index (κ3) is 2.93. The van der Waals surface area contributed by atoms with Gasteiger partial charge in [0.1, 0.15) is 0 Å². The van der Waals surface area contributed by atoms with E-state index in [1.807, 2.05) is 26.0 Å². The first-order valence-corrected chi connectivity index (χ1v) is 6.05. The topological polar surface area (TPSA) is 40.7 Å². The van der Waals surface area contributed by atoms with E-state index in [1.165, 1.54) is 0 Å². The molecule has 17 heavy (non-hydrogen) atoms. The van der Waals surface area contributed by atoms with Gasteiger partial charge >= 0.3 is 0 Å². The number of halogens is 2. The van der Waals surface area contributed by atoms with Gasteiger partial charge in [-0.05, 0) is 31.5 Å². The van der Waals surface area contributed by atoms with Crippen molar-refractivity contribution in [3.8, 4) is 0 Å². The molecule has 0 aliphatic rings. The SMILES string of the molecule is Cc1cnc(NC(C)c2ccc(Cl)cc2Cl)[nH]1. The highest BCUT2D eigenvalue weighted by molar-refractivity contribution is 6.35. The molecular weight excluding hydrogens is 257 g/mol. The summed E-state index contributed by atoms with van der Waals surface area (Å²) in [5.41, 5.74) is 2.01. The molecule has 0 radical (unpaired) electrons. The first kappa shape index (κ1) is 12.3. The molecule has 5 heteroatoms. The van der Waals surface area contributed by atoms with Crippen molar-refractivity contribution in [1.29, 1.82) is 0 Å². The van der Waals surface area contributed by atoms with Gasteiger partial charge in [-0.1, -0.05) is 29.3 Å². The van der Waals surface area contributed by atoms with E-state index in [0.717, 1.165) is 17.2 Å². The summed E-state index contributed by atoms with van der Waals surface area (Å²) < 4.78 is 0. The molecule has 2 aromatic rings. The fraction of sp³-hybridized carbons (Fsp3) is 0.250. The van der Waals surface area contributed by atoms with Gasteiger partial charge in [0.05, 0.1) is 6.04 Å². The van der Waals surface area contributed by atoms with Gasteiger partial charge in [0, 0.05) is 21.9 Å². The summed E-state index contributed by atoms with van der Waals surface area (Å²) in [4.78, 5) is 7.31. The molecule has 0 spiro atoms. The van der Waals surface area contributed by atoms with E-state index < -0.39 is 0 Å². The van der Waals surface area contributed by atoms with Crippen molar-refractivity contribution in [2.24, 2.45) is 0 Å². The number of nitrogens with zero attached hydrogens (tertiary/aromatic N) is 1. The summed E-state index contributed by atoms with van der Waals surface area (Å²) in [5.74, 6) is 0.737. The molecule has 1 unspecified atom stereocenters. The maximum atomic E-state index is 6.14. The van der Waals surface area contributed by atoms with Crippen molar-refractivity contribution >= 4 is 29.2 Å². The number of aryl methyl sites for hydroxylation is 1. The Balaban J connectivity index is 2.17. The van der Waals surface area contributed by atoms with Crippen LogP contribution in [0.4, 0.5) is 5.95 Å². The summed E-state index contributed by atoms with van der Waals surface area (Å²) in [5, 5.41) is 4.54. The van der Waals surface area contributed by atoms with Crippen LogP contribution in [0.5, 0.6) is 0 Å². The molecule has 0 saturated heterocycles. The summed E-state index contributed by atoms with van der Waals surface area (Å²) >= 11 is 12.0. The van der Waals surface area contributed by atoms with Crippen molar-refractivity contribution in [3.05, 3.63) is 45.7 Å². The molecule has 2 N–H and O–H groups in total. The van der Waals surface area contributed by atoms with Gasteiger partial charge in [0.15, 0.2) is 0 Å². The predicted octanol–water partition coefficient (Wildman–Crippen LogP) is 4.20. The Bertz CT molecular complexity index is 522. The Kier molecular flexibility index (Phi) is 3.60. The lowest BCUT2D eigenvalue weighted by atomic mass is 10.1. The highest BCUT2D eigenvalue weighted by atomic mass is 35.5. The van der Waals surface area contributed by atoms with E-state index in [9.17, 15) is 0 Å². The van der Waals surface area contributed by atoms with E-state index in [-0.39, 0.29) is 6.04 Å². The average Bonchev–Trinajstić information content (AvgIpc) is 2.63. The Labute approximate surface area is 110 Å². The number of aromatic nitrogens is 2. The number of H-pyrrole nitrogens is 1. The van der Waals surface area contributed by atoms with Crippen molar-refractivity contribution in [1.82, 2.24) is 9.97 Å². The van der Waals surface area contributed by atoms with Crippen molar-refractivity contribution in [2.45, 2.75) is 19.9 Å². The molecule has 3 nitrogen and oxygen atoms in total. The minimum absolute atomic E-state index is 0.0605. The van der Waals surface area contributed by atoms with Gasteiger partial charge < -0.3 is 10.3 Å². The smallest absolute Gasteiger partial charge is 0.200 e. The lowest BCUT2D eigenvalue weighted by molar-refractivity contribution is 0.867. The van der Waals surface area contributed by atoms with E-state index in [4.69, 9.17) is 23.2 Å². The molecule has 1 atom stereocenters. The molecule has 1 heterocycles. The molecule has 90 valence electrons. The van der Waals surface area contributed by atoms with Crippen LogP contribution in [0.25, 0.3) is 0 Å². The molecule has 0 aliphatic heterocycles. The van der Waals surface area contributed by atoms with Gasteiger partial charge in [-0.25, -0.2) is 4.98 Å². The number of anilines is 1. The van der Waals surface area contributed by atoms with Crippen molar-refractivity contribution < 1.29 is 0 Å². The quantitative estimate of drug-likeness (QED) is 0.877. The monoisotopic (exact) mass is 269 g/mol. The minimum atomic E-state index is 0.0605. The van der Waals surface area contributed by atoms with Gasteiger partial charge in [-0.15, -0.1) is 0 Å². The average molecular weight is 270 g/mol. The first-order valence-electron chi connectivity index (χ1n) is 5.29. The third-order valence-electron chi connectivity index (χ3n) is 2.49. The predicted molar refractivity (Wildman–Crippen MR) is 71.8 cm³/mol. The molecule has 0 fully saturated rings. The Morgan fingerprint density at radius 2 is 2.12 bits per heavy atom. The van der Waals surface area contributed by atoms with Crippen molar-refractivity contribution in [2.75, 3.05) is 5.32 Å². The molecular formula is C12H13Cl2N3. The molecule has 0 saturated carbocycles. The highest BCUT2D eigenvalue weighted by Gasteiger charge is 2.11. The molecule has 1 aromatic heterocycles. The van der Waals surface area contributed by atoms with Crippen LogP contribution < -0.4 is 5.32 Å². The summed E-state index contributed by atoms with van der Waals surface area (Å²) in [6.07, 6.45) is 1.78. The molecule has 1 aromatic carbocycles. The summed E-state index contributed by atoms with van der Waals surface area (Å²) in [6.45, 7) is 3.98. The molecule has 0 aliphatic carbocycles. The van der Waals surface area contributed by atoms with Gasteiger partial charge in [0.2, 0.25) is 5.95 Å². The first-order chi connectivity index (χ1) is 8.06. The maximum absolute atomic E-state index is 6.14. The van der Waals surface area contributed by atoms with Crippen LogP contribution in [-0.2, 0) is 0 Å². The zero-order chi connectivity index (χ0) is 12.4. The normalized spacial score (nSPS) is 12.5. The van der Waals surface area contributed by atoms with Crippen LogP contribution in [0.1, 0.15) is 24.2 Å². The Morgan fingerprint density at radius 1 is 1.35 bits per heavy atom. The number of hydrogen-bond acceptors (Lipinski definition) is 2. The third-order valence-corrected chi connectivity index (χ3v) is 3.05. The van der Waals surface area contributed by atoms with E-state index in [2.05, 4.69) is 15.3 Å². The second kappa shape index (κ2) is 4.98. The second-order valence-corrected chi connectivity index (χ2v) is 4.79. The minimum Gasteiger partial charge on any atom is -0.349 e. The highest BCUT2D eigenvalue weighted by Crippen LogP contribution is 2.27. The van der Waals surface area contributed by atoms with Gasteiger partial charge in [-0.2, -0.15) is 0 Å². The van der Waals surface area contributed by atoms with Crippen LogP contribution in [0, 0.1) is 6.92 Å². The van der Waals surface area contributed by atoms with Crippen LogP contribution >= 0.6 is 23.2 Å². The number of imidazole rings is 1. The van der Waals surface area contributed by atoms with E-state index in [1.54, 1.807) is 12.3 Å². The zero-order valence-corrected chi connectivity index (χ0v) is 11.1. The number of nitrogens with one attached hydrogen (secondary N) is 2. The molecule has 0 bridgehead atoms. The number of benzene rings is 1. The molecule has 0 amide bonds. The largest absolute Gasteiger partial charge is 0.349 e. The lowest BCUT2D eigenvalue weighted by Crippen LogP contribution is -2.08. The van der Waals surface area contributed by atoms with E-state index in [0.29, 0.717) is 10.0 Å². The zero-order valence-electron chi connectivity index (χ0n) is 9.59. The standard InChI is InChI=1S/C12H13Cl2N3/c1-7-6-15-12(16-7)17-8(2)10-4-3-9(13)5-11(10)14/h3-6,8H,1-2H3,(H2,15,16,17). The van der Waals surface area contributed by atoms with Crippen LogP contribution in [0.3, 0.4) is 0 Å². The summed E-state index contributed by atoms with van der Waals surface area (Å²) in [7, 11) is 0. The van der Waals surface area contributed by atoms with Crippen LogP contribution in [-0.4, -0.2) is 9.97 Å². The fourth-order valence-corrected chi connectivity index (χ4v) is 2.19. The van der Waals surface area contributed by atoms with E-state index >= 15 is 0 Å². The lowest BCUT2D eigenvalue weighted by Gasteiger charge is -2.15. The number of rotatable bonds is 3. The Hall–Kier alpha value is -1.19. The second-order valence-electron chi connectivity index (χ2n) is 3.95. The van der Waals surface area contributed by atoms with Crippen LogP contribution in [0.15, 0.2) is 24.4 Å². The fourth-order valence-electron chi connectivity index (χ4n) is 1.62. The summed E-state index contributed by atoms with van der Waals surface area (Å²) in [6, 6.07) is 5.54. The van der Waals surface area contributed by atoms with Gasteiger partial charge in [0.25, 0.3) is 0 Å². The van der Waals surface area contributed by atoms with Gasteiger partial charge in [-0.3, -0.25) is 0 Å². The maximum Gasteiger partial charge on any atom is 0.200 e. The van der Waals surface area contributed by atoms with Crippen molar-refractivity contribution in [3.63, 3.8) is 0 Å². The number of aromatic amines is 1.